The third kappa shape index (κ3) is 4.15. The van der Waals surface area contributed by atoms with E-state index in [-0.39, 0.29) is 17.5 Å². The van der Waals surface area contributed by atoms with Crippen LogP contribution in [0.2, 0.25) is 0 Å². The molecule has 0 spiro atoms. The monoisotopic (exact) mass is 345 g/mol. The van der Waals surface area contributed by atoms with Crippen LogP contribution in [0.5, 0.6) is 0 Å². The van der Waals surface area contributed by atoms with E-state index >= 15 is 0 Å². The van der Waals surface area contributed by atoms with Gasteiger partial charge in [-0.1, -0.05) is 18.9 Å². The van der Waals surface area contributed by atoms with Crippen molar-refractivity contribution in [2.75, 3.05) is 26.2 Å². The molecule has 0 radical (unpaired) electrons. The molecule has 25 heavy (non-hydrogen) atoms. The van der Waals surface area contributed by atoms with Crippen LogP contribution in [0, 0.1) is 16.0 Å². The van der Waals surface area contributed by atoms with Gasteiger partial charge < -0.3 is 9.80 Å². The maximum absolute atomic E-state index is 12.5. The fraction of sp³-hybridized carbons (Fsp3) is 0.556. The normalized spacial score (nSPS) is 18.4. The van der Waals surface area contributed by atoms with E-state index in [1.54, 1.807) is 11.0 Å². The molecule has 7 nitrogen and oxygen atoms in total. The minimum Gasteiger partial charge on any atom is -0.339 e. The lowest BCUT2D eigenvalue weighted by Gasteiger charge is -2.35. The summed E-state index contributed by atoms with van der Waals surface area (Å²) < 4.78 is 0. The van der Waals surface area contributed by atoms with E-state index in [0.717, 1.165) is 12.8 Å². The van der Waals surface area contributed by atoms with Crippen LogP contribution in [-0.4, -0.2) is 52.7 Å². The number of hydrogen-bond donors (Lipinski definition) is 0. The first-order chi connectivity index (χ1) is 12.0. The van der Waals surface area contributed by atoms with Crippen LogP contribution in [0.15, 0.2) is 24.3 Å². The SMILES string of the molecule is O=C(CC1CCCC1)N1CCN(C(=O)c2cccc([N+](=O)[O-])c2)CC1. The number of non-ortho nitro benzene ring substituents is 1. The Hall–Kier alpha value is -2.44. The molecule has 1 aromatic rings. The van der Waals surface area contributed by atoms with Gasteiger partial charge in [0, 0.05) is 50.3 Å². The minimum atomic E-state index is -0.504. The first-order valence-corrected chi connectivity index (χ1v) is 8.86. The Morgan fingerprint density at radius 2 is 1.72 bits per heavy atom. The lowest BCUT2D eigenvalue weighted by atomic mass is 10.0. The van der Waals surface area contributed by atoms with Gasteiger partial charge in [0.05, 0.1) is 4.92 Å². The van der Waals surface area contributed by atoms with Crippen molar-refractivity contribution in [3.63, 3.8) is 0 Å². The summed E-state index contributed by atoms with van der Waals surface area (Å²) in [6.45, 7) is 2.01. The third-order valence-corrected chi connectivity index (χ3v) is 5.16. The first kappa shape index (κ1) is 17.4. The van der Waals surface area contributed by atoms with Crippen LogP contribution in [0.25, 0.3) is 0 Å². The summed E-state index contributed by atoms with van der Waals surface area (Å²) in [6.07, 6.45) is 5.37. The number of rotatable bonds is 4. The molecule has 0 aromatic heterocycles. The highest BCUT2D eigenvalue weighted by atomic mass is 16.6. The van der Waals surface area contributed by atoms with E-state index in [2.05, 4.69) is 0 Å². The zero-order chi connectivity index (χ0) is 17.8. The Kier molecular flexibility index (Phi) is 5.31. The molecule has 1 saturated heterocycles. The Balaban J connectivity index is 1.54. The van der Waals surface area contributed by atoms with Crippen LogP contribution in [0.3, 0.4) is 0 Å². The van der Waals surface area contributed by atoms with Crippen molar-refractivity contribution in [2.45, 2.75) is 32.1 Å². The number of nitro benzene ring substituents is 1. The summed E-state index contributed by atoms with van der Waals surface area (Å²) in [5.74, 6) is 0.498. The second-order valence-corrected chi connectivity index (χ2v) is 6.84. The molecule has 0 unspecified atom stereocenters. The smallest absolute Gasteiger partial charge is 0.270 e. The fourth-order valence-corrected chi connectivity index (χ4v) is 3.68. The van der Waals surface area contributed by atoms with Gasteiger partial charge in [-0.2, -0.15) is 0 Å². The van der Waals surface area contributed by atoms with Crippen molar-refractivity contribution in [2.24, 2.45) is 5.92 Å². The van der Waals surface area contributed by atoms with Gasteiger partial charge in [-0.15, -0.1) is 0 Å². The standard InChI is InChI=1S/C18H23N3O4/c22-17(12-14-4-1-2-5-14)19-8-10-20(11-9-19)18(23)15-6-3-7-16(13-15)21(24)25/h3,6-7,13-14H,1-2,4-5,8-12H2. The molecule has 0 atom stereocenters. The molecule has 1 aromatic carbocycles. The average Bonchev–Trinajstić information content (AvgIpc) is 3.14. The molecule has 3 rings (SSSR count). The summed E-state index contributed by atoms with van der Waals surface area (Å²) in [4.78, 5) is 38.8. The molecule has 2 aliphatic rings. The Morgan fingerprint density at radius 3 is 2.36 bits per heavy atom. The number of nitrogens with zero attached hydrogens (tertiary/aromatic N) is 3. The van der Waals surface area contributed by atoms with Gasteiger partial charge in [-0.3, -0.25) is 19.7 Å². The van der Waals surface area contributed by atoms with Crippen LogP contribution in [-0.2, 0) is 4.79 Å². The van der Waals surface area contributed by atoms with E-state index in [1.807, 2.05) is 4.90 Å². The van der Waals surface area contributed by atoms with Gasteiger partial charge in [0.1, 0.15) is 0 Å². The van der Waals surface area contributed by atoms with Gasteiger partial charge in [0.2, 0.25) is 5.91 Å². The summed E-state index contributed by atoms with van der Waals surface area (Å²) in [7, 11) is 0. The van der Waals surface area contributed by atoms with Crippen LogP contribution in [0.4, 0.5) is 5.69 Å². The first-order valence-electron chi connectivity index (χ1n) is 8.86. The molecule has 1 aliphatic heterocycles. The van der Waals surface area contributed by atoms with Gasteiger partial charge in [0.15, 0.2) is 0 Å². The lowest BCUT2D eigenvalue weighted by Crippen LogP contribution is -2.50. The number of nitro groups is 1. The molecule has 2 amide bonds. The van der Waals surface area contributed by atoms with Gasteiger partial charge in [0.25, 0.3) is 11.6 Å². The summed E-state index contributed by atoms with van der Waals surface area (Å²) in [5.41, 5.74) is 0.233. The van der Waals surface area contributed by atoms with E-state index in [4.69, 9.17) is 0 Å². The van der Waals surface area contributed by atoms with Crippen molar-refractivity contribution < 1.29 is 14.5 Å². The van der Waals surface area contributed by atoms with Gasteiger partial charge >= 0.3 is 0 Å². The molecule has 2 fully saturated rings. The Morgan fingerprint density at radius 1 is 1.08 bits per heavy atom. The molecular formula is C18H23N3O4. The zero-order valence-electron chi connectivity index (χ0n) is 14.2. The predicted molar refractivity (Wildman–Crippen MR) is 92.2 cm³/mol. The number of carbonyl (C=O) groups is 2. The van der Waals surface area contributed by atoms with Crippen LogP contribution < -0.4 is 0 Å². The average molecular weight is 345 g/mol. The largest absolute Gasteiger partial charge is 0.339 e. The van der Waals surface area contributed by atoms with Crippen molar-refractivity contribution in [3.8, 4) is 0 Å². The Bertz CT molecular complexity index is 662. The van der Waals surface area contributed by atoms with Crippen molar-refractivity contribution in [1.82, 2.24) is 9.80 Å². The zero-order valence-corrected chi connectivity index (χ0v) is 14.2. The van der Waals surface area contributed by atoms with Crippen molar-refractivity contribution in [3.05, 3.63) is 39.9 Å². The predicted octanol–water partition coefficient (Wildman–Crippen LogP) is 2.46. The van der Waals surface area contributed by atoms with E-state index in [0.29, 0.717) is 44.1 Å². The van der Waals surface area contributed by atoms with E-state index < -0.39 is 4.92 Å². The quantitative estimate of drug-likeness (QED) is 0.620. The molecule has 0 bridgehead atoms. The maximum Gasteiger partial charge on any atom is 0.270 e. The molecule has 1 heterocycles. The van der Waals surface area contributed by atoms with E-state index in [1.165, 1.54) is 31.0 Å². The molecule has 1 aliphatic carbocycles. The summed E-state index contributed by atoms with van der Waals surface area (Å²) in [5, 5.41) is 10.8. The highest BCUT2D eigenvalue weighted by molar-refractivity contribution is 5.95. The second kappa shape index (κ2) is 7.63. The topological polar surface area (TPSA) is 83.8 Å². The van der Waals surface area contributed by atoms with Gasteiger partial charge in [-0.25, -0.2) is 0 Å². The lowest BCUT2D eigenvalue weighted by molar-refractivity contribution is -0.384. The van der Waals surface area contributed by atoms with Crippen molar-refractivity contribution >= 4 is 17.5 Å². The van der Waals surface area contributed by atoms with Crippen LogP contribution in [0.1, 0.15) is 42.5 Å². The van der Waals surface area contributed by atoms with E-state index in [9.17, 15) is 19.7 Å². The number of hydrogen-bond acceptors (Lipinski definition) is 4. The molecular weight excluding hydrogens is 322 g/mol. The molecule has 1 saturated carbocycles. The number of amides is 2. The molecule has 134 valence electrons. The fourth-order valence-electron chi connectivity index (χ4n) is 3.68. The molecule has 7 heteroatoms. The molecule has 0 N–H and O–H groups in total. The van der Waals surface area contributed by atoms with Gasteiger partial charge in [-0.05, 0) is 24.8 Å². The van der Waals surface area contributed by atoms with Crippen molar-refractivity contribution in [1.29, 1.82) is 0 Å². The maximum atomic E-state index is 12.5. The highest BCUT2D eigenvalue weighted by Gasteiger charge is 2.27. The summed E-state index contributed by atoms with van der Waals surface area (Å²) in [6, 6.07) is 5.79. The minimum absolute atomic E-state index is 0.0868. The van der Waals surface area contributed by atoms with Crippen LogP contribution >= 0.6 is 0 Å². The highest BCUT2D eigenvalue weighted by Crippen LogP contribution is 2.28. The number of benzene rings is 1. The summed E-state index contributed by atoms with van der Waals surface area (Å²) >= 11 is 0. The Labute approximate surface area is 146 Å². The second-order valence-electron chi connectivity index (χ2n) is 6.84. The third-order valence-electron chi connectivity index (χ3n) is 5.16. The number of carbonyl (C=O) groups excluding carboxylic acids is 2. The number of piperazine rings is 1.